The van der Waals surface area contributed by atoms with E-state index in [-0.39, 0.29) is 0 Å². The fourth-order valence-corrected chi connectivity index (χ4v) is 2.63. The van der Waals surface area contributed by atoms with Crippen LogP contribution in [0.2, 0.25) is 0 Å². The highest BCUT2D eigenvalue weighted by atomic mass is 32.1. The van der Waals surface area contributed by atoms with E-state index in [1.165, 1.54) is 0 Å². The second-order valence-corrected chi connectivity index (χ2v) is 4.60. The lowest BCUT2D eigenvalue weighted by atomic mass is 10.1. The molecule has 0 fully saturated rings. The van der Waals surface area contributed by atoms with Crippen LogP contribution in [0.25, 0.3) is 10.2 Å². The normalized spacial score (nSPS) is 11.0. The number of nitrogens with zero attached hydrogens (tertiary/aromatic N) is 1. The monoisotopic (exact) mass is 207 g/mol. The molecule has 74 valence electrons. The smallest absolute Gasteiger partial charge is 0.120 e. The van der Waals surface area contributed by atoms with Crippen molar-refractivity contribution in [2.24, 2.45) is 0 Å². The predicted octanol–water partition coefficient (Wildman–Crippen LogP) is 3.26. The first kappa shape index (κ1) is 9.46. The first-order valence-corrected chi connectivity index (χ1v) is 5.62. The molecule has 1 aromatic heterocycles. The number of aromatic nitrogens is 1. The quantitative estimate of drug-likeness (QED) is 0.820. The van der Waals surface area contributed by atoms with E-state index in [0.717, 1.165) is 33.6 Å². The number of thiazole rings is 1. The summed E-state index contributed by atoms with van der Waals surface area (Å²) in [5.41, 5.74) is 2.06. The van der Waals surface area contributed by atoms with E-state index < -0.39 is 0 Å². The summed E-state index contributed by atoms with van der Waals surface area (Å²) < 4.78 is 1.14. The highest BCUT2D eigenvalue weighted by molar-refractivity contribution is 7.18. The molecule has 0 aliphatic heterocycles. The van der Waals surface area contributed by atoms with Crippen molar-refractivity contribution < 1.29 is 5.11 Å². The van der Waals surface area contributed by atoms with Crippen molar-refractivity contribution >= 4 is 21.6 Å². The van der Waals surface area contributed by atoms with Gasteiger partial charge < -0.3 is 5.11 Å². The largest absolute Gasteiger partial charge is 0.508 e. The van der Waals surface area contributed by atoms with E-state index in [1.807, 2.05) is 13.0 Å². The molecule has 0 atom stereocenters. The summed E-state index contributed by atoms with van der Waals surface area (Å²) in [4.78, 5) is 4.40. The molecule has 0 amide bonds. The summed E-state index contributed by atoms with van der Waals surface area (Å²) in [6, 6.07) is 3.62. The molecule has 14 heavy (non-hydrogen) atoms. The van der Waals surface area contributed by atoms with Crippen LogP contribution in [0.3, 0.4) is 0 Å². The molecule has 0 unspecified atom stereocenters. The molecule has 3 heteroatoms. The van der Waals surface area contributed by atoms with Gasteiger partial charge >= 0.3 is 0 Å². The Labute approximate surface area is 87.2 Å². The van der Waals surface area contributed by atoms with Crippen molar-refractivity contribution in [2.75, 3.05) is 0 Å². The lowest BCUT2D eigenvalue weighted by molar-refractivity contribution is 0.469. The van der Waals surface area contributed by atoms with E-state index in [0.29, 0.717) is 5.75 Å². The zero-order valence-corrected chi connectivity index (χ0v) is 9.19. The molecule has 2 aromatic rings. The number of hydrogen-bond acceptors (Lipinski definition) is 3. The first-order chi connectivity index (χ1) is 6.72. The molecule has 2 nitrogen and oxygen atoms in total. The minimum atomic E-state index is 0.406. The van der Waals surface area contributed by atoms with Gasteiger partial charge in [0.05, 0.1) is 15.2 Å². The molecule has 1 N–H and O–H groups in total. The predicted molar refractivity (Wildman–Crippen MR) is 60.0 cm³/mol. The highest BCUT2D eigenvalue weighted by Crippen LogP contribution is 2.32. The average Bonchev–Trinajstić information content (AvgIpc) is 2.51. The second kappa shape index (κ2) is 3.58. The Morgan fingerprint density at radius 2 is 2.21 bits per heavy atom. The number of phenols is 1. The van der Waals surface area contributed by atoms with Crippen molar-refractivity contribution in [1.82, 2.24) is 4.98 Å². The Morgan fingerprint density at radius 3 is 2.93 bits per heavy atom. The van der Waals surface area contributed by atoms with Gasteiger partial charge in [0.2, 0.25) is 0 Å². The molecular weight excluding hydrogens is 194 g/mol. The van der Waals surface area contributed by atoms with Crippen molar-refractivity contribution in [1.29, 1.82) is 0 Å². The van der Waals surface area contributed by atoms with Crippen LogP contribution in [0.5, 0.6) is 5.75 Å². The Hall–Kier alpha value is -1.09. The summed E-state index contributed by atoms with van der Waals surface area (Å²) in [6.07, 6.45) is 1.97. The third-order valence-corrected chi connectivity index (χ3v) is 3.29. The van der Waals surface area contributed by atoms with E-state index in [9.17, 15) is 5.11 Å². The topological polar surface area (TPSA) is 33.1 Å². The van der Waals surface area contributed by atoms with Gasteiger partial charge in [0, 0.05) is 5.56 Å². The van der Waals surface area contributed by atoms with Gasteiger partial charge in [-0.15, -0.1) is 11.3 Å². The second-order valence-electron chi connectivity index (χ2n) is 3.39. The highest BCUT2D eigenvalue weighted by Gasteiger charge is 2.09. The number of rotatable bonds is 2. The van der Waals surface area contributed by atoms with Crippen molar-refractivity contribution in [3.8, 4) is 5.75 Å². The van der Waals surface area contributed by atoms with Gasteiger partial charge in [-0.3, -0.25) is 0 Å². The van der Waals surface area contributed by atoms with Crippen molar-refractivity contribution in [3.63, 3.8) is 0 Å². The number of hydrogen-bond donors (Lipinski definition) is 1. The molecule has 0 spiro atoms. The molecule has 0 saturated carbocycles. The Morgan fingerprint density at radius 1 is 1.43 bits per heavy atom. The zero-order valence-electron chi connectivity index (χ0n) is 8.37. The van der Waals surface area contributed by atoms with Crippen LogP contribution in [0, 0.1) is 6.92 Å². The van der Waals surface area contributed by atoms with Crippen LogP contribution in [0.4, 0.5) is 0 Å². The zero-order chi connectivity index (χ0) is 10.1. The Balaban J connectivity index is 2.68. The Bertz CT molecular complexity index is 462. The van der Waals surface area contributed by atoms with Crippen LogP contribution in [-0.2, 0) is 6.42 Å². The minimum Gasteiger partial charge on any atom is -0.508 e. The van der Waals surface area contributed by atoms with Crippen molar-refractivity contribution in [2.45, 2.75) is 26.7 Å². The SMILES string of the molecule is CCCc1c(O)ccc2nc(C)sc12. The summed E-state index contributed by atoms with van der Waals surface area (Å²) in [7, 11) is 0. The van der Waals surface area contributed by atoms with Gasteiger partial charge in [-0.1, -0.05) is 13.3 Å². The standard InChI is InChI=1S/C11H13NOS/c1-3-4-8-10(13)6-5-9-11(8)14-7(2)12-9/h5-6,13H,3-4H2,1-2H3. The van der Waals surface area contributed by atoms with E-state index >= 15 is 0 Å². The molecular formula is C11H13NOS. The fraction of sp³-hybridized carbons (Fsp3) is 0.364. The van der Waals surface area contributed by atoms with Crippen LogP contribution in [0.15, 0.2) is 12.1 Å². The summed E-state index contributed by atoms with van der Waals surface area (Å²) >= 11 is 1.66. The molecule has 2 rings (SSSR count). The van der Waals surface area contributed by atoms with Crippen LogP contribution >= 0.6 is 11.3 Å². The summed E-state index contributed by atoms with van der Waals surface area (Å²) in [5, 5.41) is 10.8. The van der Waals surface area contributed by atoms with Gasteiger partial charge in [-0.2, -0.15) is 0 Å². The van der Waals surface area contributed by atoms with Gasteiger partial charge in [0.15, 0.2) is 0 Å². The average molecular weight is 207 g/mol. The number of phenolic OH excluding ortho intramolecular Hbond substituents is 1. The van der Waals surface area contributed by atoms with Crippen LogP contribution < -0.4 is 0 Å². The molecule has 1 heterocycles. The number of aryl methyl sites for hydroxylation is 2. The molecule has 0 aliphatic carbocycles. The summed E-state index contributed by atoms with van der Waals surface area (Å²) in [5.74, 6) is 0.406. The third kappa shape index (κ3) is 1.48. The minimum absolute atomic E-state index is 0.406. The number of benzene rings is 1. The summed E-state index contributed by atoms with van der Waals surface area (Å²) in [6.45, 7) is 4.11. The first-order valence-electron chi connectivity index (χ1n) is 4.80. The molecule has 0 radical (unpaired) electrons. The molecule has 0 saturated heterocycles. The fourth-order valence-electron chi connectivity index (χ4n) is 1.64. The Kier molecular flexibility index (Phi) is 2.42. The maximum Gasteiger partial charge on any atom is 0.120 e. The van der Waals surface area contributed by atoms with E-state index in [4.69, 9.17) is 0 Å². The van der Waals surface area contributed by atoms with Crippen molar-refractivity contribution in [3.05, 3.63) is 22.7 Å². The van der Waals surface area contributed by atoms with Gasteiger partial charge in [-0.05, 0) is 25.5 Å². The van der Waals surface area contributed by atoms with E-state index in [1.54, 1.807) is 17.4 Å². The molecule has 0 bridgehead atoms. The lowest BCUT2D eigenvalue weighted by Gasteiger charge is -2.02. The van der Waals surface area contributed by atoms with E-state index in [2.05, 4.69) is 11.9 Å². The van der Waals surface area contributed by atoms with Crippen LogP contribution in [0.1, 0.15) is 23.9 Å². The number of aromatic hydroxyl groups is 1. The maximum atomic E-state index is 9.73. The van der Waals surface area contributed by atoms with Gasteiger partial charge in [0.1, 0.15) is 5.75 Å². The van der Waals surface area contributed by atoms with Gasteiger partial charge in [0.25, 0.3) is 0 Å². The molecule has 0 aliphatic rings. The number of fused-ring (bicyclic) bond motifs is 1. The maximum absolute atomic E-state index is 9.73. The van der Waals surface area contributed by atoms with Gasteiger partial charge in [-0.25, -0.2) is 4.98 Å². The van der Waals surface area contributed by atoms with Crippen LogP contribution in [-0.4, -0.2) is 10.1 Å². The molecule has 1 aromatic carbocycles. The third-order valence-electron chi connectivity index (χ3n) is 2.24. The lowest BCUT2D eigenvalue weighted by Crippen LogP contribution is -1.84.